The van der Waals surface area contributed by atoms with Crippen molar-refractivity contribution in [1.29, 1.82) is 0 Å². The molecule has 48 valence electrons. The molecule has 2 N–H and O–H groups in total. The molecule has 0 amide bonds. The molecule has 0 saturated carbocycles. The second kappa shape index (κ2) is 3.64. The summed E-state index contributed by atoms with van der Waals surface area (Å²) in [4.78, 5) is 0. The zero-order valence-electron chi connectivity index (χ0n) is 5.09. The molecule has 2 nitrogen and oxygen atoms in total. The molecule has 0 radical (unpaired) electrons. The Morgan fingerprint density at radius 3 is 2.25 bits per heavy atom. The fraction of sp³-hybridized carbons (Fsp3) is 0.667. The molecule has 0 rings (SSSR count). The van der Waals surface area contributed by atoms with Crippen LogP contribution in [0.4, 0.5) is 0 Å². The van der Waals surface area contributed by atoms with Gasteiger partial charge in [-0.15, -0.1) is 0 Å². The molecule has 0 spiro atoms. The third kappa shape index (κ3) is 3.84. The van der Waals surface area contributed by atoms with Gasteiger partial charge in [0.2, 0.25) is 0 Å². The summed E-state index contributed by atoms with van der Waals surface area (Å²) in [5.74, 6) is 0. The van der Waals surface area contributed by atoms with Gasteiger partial charge >= 0.3 is 0 Å². The molecular weight excluding hydrogens is 104 g/mol. The predicted molar refractivity (Wildman–Crippen MR) is 32.3 cm³/mol. The van der Waals surface area contributed by atoms with Gasteiger partial charge in [-0.05, 0) is 6.42 Å². The normalized spacial score (nSPS) is 10.0. The fourth-order valence-electron chi connectivity index (χ4n) is 0.403. The first kappa shape index (κ1) is 7.66. The first-order chi connectivity index (χ1) is 3.66. The van der Waals surface area contributed by atoms with Gasteiger partial charge in [0.1, 0.15) is 0 Å². The largest absolute Gasteiger partial charge is 0.368 e. The zero-order chi connectivity index (χ0) is 6.57. The van der Waals surface area contributed by atoms with Gasteiger partial charge in [-0.25, -0.2) is 0 Å². The molecular formula is C6H12O2. The van der Waals surface area contributed by atoms with Crippen LogP contribution in [0, 0.1) is 0 Å². The van der Waals surface area contributed by atoms with Crippen LogP contribution in [0.3, 0.4) is 0 Å². The van der Waals surface area contributed by atoms with E-state index in [1.54, 1.807) is 0 Å². The van der Waals surface area contributed by atoms with Gasteiger partial charge in [-0.1, -0.05) is 19.1 Å². The average molecular weight is 116 g/mol. The van der Waals surface area contributed by atoms with Crippen molar-refractivity contribution in [2.75, 3.05) is 0 Å². The van der Waals surface area contributed by atoms with E-state index in [-0.39, 0.29) is 0 Å². The van der Waals surface area contributed by atoms with Crippen molar-refractivity contribution in [2.45, 2.75) is 26.1 Å². The number of hydrogen-bond acceptors (Lipinski definition) is 2. The molecule has 0 fully saturated rings. The second-order valence-corrected chi connectivity index (χ2v) is 1.79. The Kier molecular flexibility index (Phi) is 3.48. The van der Waals surface area contributed by atoms with E-state index in [9.17, 15) is 0 Å². The summed E-state index contributed by atoms with van der Waals surface area (Å²) >= 11 is 0. The molecule has 0 aromatic carbocycles. The van der Waals surface area contributed by atoms with Crippen LogP contribution in [-0.4, -0.2) is 16.5 Å². The fourth-order valence-corrected chi connectivity index (χ4v) is 0.403. The number of aliphatic hydroxyl groups excluding tert-OH is 1. The summed E-state index contributed by atoms with van der Waals surface area (Å²) < 4.78 is 0. The van der Waals surface area contributed by atoms with Crippen LogP contribution < -0.4 is 0 Å². The molecule has 0 bridgehead atoms. The molecule has 0 aliphatic carbocycles. The molecule has 0 aromatic rings. The Labute approximate surface area is 49.5 Å². The van der Waals surface area contributed by atoms with Gasteiger partial charge in [0, 0.05) is 6.42 Å². The van der Waals surface area contributed by atoms with E-state index in [1.165, 1.54) is 0 Å². The smallest absolute Gasteiger partial charge is 0.155 e. The third-order valence-electron chi connectivity index (χ3n) is 0.971. The quantitative estimate of drug-likeness (QED) is 0.420. The van der Waals surface area contributed by atoms with Crippen molar-refractivity contribution in [2.24, 2.45) is 0 Å². The first-order valence-electron chi connectivity index (χ1n) is 2.69. The highest BCUT2D eigenvalue weighted by atomic mass is 16.5. The van der Waals surface area contributed by atoms with E-state index in [0.29, 0.717) is 6.42 Å². The molecule has 0 unspecified atom stereocenters. The highest BCUT2D eigenvalue weighted by Gasteiger charge is 1.97. The van der Waals surface area contributed by atoms with E-state index in [1.807, 2.05) is 6.92 Å². The monoisotopic (exact) mass is 116 g/mol. The minimum atomic E-state index is -1.22. The lowest BCUT2D eigenvalue weighted by Crippen LogP contribution is -2.04. The van der Waals surface area contributed by atoms with Crippen LogP contribution in [0.25, 0.3) is 0 Å². The average Bonchev–Trinajstić information content (AvgIpc) is 1.65. The highest BCUT2D eigenvalue weighted by molar-refractivity contribution is 4.92. The lowest BCUT2D eigenvalue weighted by atomic mass is 10.2. The van der Waals surface area contributed by atoms with Crippen molar-refractivity contribution < 1.29 is 10.2 Å². The van der Waals surface area contributed by atoms with Crippen molar-refractivity contribution in [3.05, 3.63) is 12.2 Å². The predicted octanol–water partition coefficient (Wildman–Crippen LogP) is 0.653. The molecule has 0 heterocycles. The number of hydrogen-bond donors (Lipinski definition) is 2. The van der Waals surface area contributed by atoms with Crippen LogP contribution in [-0.2, 0) is 0 Å². The first-order valence-corrected chi connectivity index (χ1v) is 2.69. The van der Waals surface area contributed by atoms with E-state index in [4.69, 9.17) is 10.2 Å². The highest BCUT2D eigenvalue weighted by Crippen LogP contribution is 2.03. The molecule has 0 aliphatic rings. The minimum Gasteiger partial charge on any atom is -0.368 e. The standard InChI is InChI=1S/C6H12O2/c1-3-5(2)4-6(7)8/h6-8H,2-4H2,1H3. The molecule has 0 aliphatic heterocycles. The summed E-state index contributed by atoms with van der Waals surface area (Å²) in [7, 11) is 0. The van der Waals surface area contributed by atoms with Gasteiger partial charge in [-0.3, -0.25) is 0 Å². The minimum absolute atomic E-state index is 0.302. The lowest BCUT2D eigenvalue weighted by molar-refractivity contribution is -0.0383. The summed E-state index contributed by atoms with van der Waals surface area (Å²) in [5.41, 5.74) is 0.875. The van der Waals surface area contributed by atoms with Gasteiger partial charge in [0.15, 0.2) is 6.29 Å². The molecule has 8 heavy (non-hydrogen) atoms. The maximum Gasteiger partial charge on any atom is 0.155 e. The maximum atomic E-state index is 8.35. The molecule has 0 saturated heterocycles. The summed E-state index contributed by atoms with van der Waals surface area (Å²) in [6, 6.07) is 0. The van der Waals surface area contributed by atoms with E-state index >= 15 is 0 Å². The van der Waals surface area contributed by atoms with Gasteiger partial charge in [-0.2, -0.15) is 0 Å². The Morgan fingerprint density at radius 2 is 2.12 bits per heavy atom. The van der Waals surface area contributed by atoms with Crippen molar-refractivity contribution in [1.82, 2.24) is 0 Å². The van der Waals surface area contributed by atoms with Gasteiger partial charge < -0.3 is 10.2 Å². The van der Waals surface area contributed by atoms with E-state index in [0.717, 1.165) is 12.0 Å². The molecule has 0 aromatic heterocycles. The summed E-state index contributed by atoms with van der Waals surface area (Å²) in [6.45, 7) is 5.53. The van der Waals surface area contributed by atoms with Crippen LogP contribution in [0.15, 0.2) is 12.2 Å². The molecule has 0 atom stereocenters. The second-order valence-electron chi connectivity index (χ2n) is 1.79. The van der Waals surface area contributed by atoms with E-state index in [2.05, 4.69) is 6.58 Å². The van der Waals surface area contributed by atoms with Crippen molar-refractivity contribution in [3.8, 4) is 0 Å². The van der Waals surface area contributed by atoms with Crippen LogP contribution in [0.2, 0.25) is 0 Å². The van der Waals surface area contributed by atoms with Crippen molar-refractivity contribution >= 4 is 0 Å². The van der Waals surface area contributed by atoms with Gasteiger partial charge in [0.05, 0.1) is 0 Å². The van der Waals surface area contributed by atoms with Gasteiger partial charge in [0.25, 0.3) is 0 Å². The zero-order valence-corrected chi connectivity index (χ0v) is 5.09. The Morgan fingerprint density at radius 1 is 1.62 bits per heavy atom. The number of rotatable bonds is 3. The molecule has 2 heteroatoms. The lowest BCUT2D eigenvalue weighted by Gasteiger charge is -2.02. The Bertz CT molecular complexity index is 76.6. The van der Waals surface area contributed by atoms with Crippen LogP contribution in [0.5, 0.6) is 0 Å². The SMILES string of the molecule is C=C(CC)CC(O)O. The van der Waals surface area contributed by atoms with Crippen molar-refractivity contribution in [3.63, 3.8) is 0 Å². The topological polar surface area (TPSA) is 40.5 Å². The van der Waals surface area contributed by atoms with E-state index < -0.39 is 6.29 Å². The summed E-state index contributed by atoms with van der Waals surface area (Å²) in [6.07, 6.45) is -0.101. The Balaban J connectivity index is 3.25. The third-order valence-corrected chi connectivity index (χ3v) is 0.971. The number of aliphatic hydroxyl groups is 2. The Hall–Kier alpha value is -0.340. The van der Waals surface area contributed by atoms with Crippen LogP contribution >= 0.6 is 0 Å². The summed E-state index contributed by atoms with van der Waals surface area (Å²) in [5, 5.41) is 16.7. The van der Waals surface area contributed by atoms with Crippen LogP contribution in [0.1, 0.15) is 19.8 Å². The maximum absolute atomic E-state index is 8.35.